The summed E-state index contributed by atoms with van der Waals surface area (Å²) >= 11 is 0. The molecule has 0 aliphatic rings. The molecule has 0 aliphatic carbocycles. The monoisotopic (exact) mass is 251 g/mol. The van der Waals surface area contributed by atoms with Crippen LogP contribution in [0.3, 0.4) is 0 Å². The maximum absolute atomic E-state index is 11.8. The van der Waals surface area contributed by atoms with E-state index in [1.807, 2.05) is 24.8 Å². The van der Waals surface area contributed by atoms with Gasteiger partial charge < -0.3 is 16.2 Å². The number of anilines is 2. The molecule has 0 saturated heterocycles. The maximum atomic E-state index is 11.8. The zero-order valence-corrected chi connectivity index (χ0v) is 10.9. The zero-order chi connectivity index (χ0) is 13.5. The molecule has 0 bridgehead atoms. The summed E-state index contributed by atoms with van der Waals surface area (Å²) in [5.74, 6) is -0.0981. The van der Waals surface area contributed by atoms with E-state index < -0.39 is 0 Å². The third kappa shape index (κ3) is 4.35. The van der Waals surface area contributed by atoms with Crippen molar-refractivity contribution in [1.82, 2.24) is 4.90 Å². The number of hydrogen-bond acceptors (Lipinski definition) is 4. The normalized spacial score (nSPS) is 10.7. The Labute approximate surface area is 108 Å². The summed E-state index contributed by atoms with van der Waals surface area (Å²) in [6.07, 6.45) is 0. The van der Waals surface area contributed by atoms with Crippen LogP contribution in [0.1, 0.15) is 12.5 Å². The van der Waals surface area contributed by atoms with E-state index in [-0.39, 0.29) is 19.1 Å². The van der Waals surface area contributed by atoms with Crippen LogP contribution in [0, 0.1) is 6.92 Å². The van der Waals surface area contributed by atoms with E-state index in [2.05, 4.69) is 5.32 Å². The number of hydrogen-bond donors (Lipinski definition) is 3. The highest BCUT2D eigenvalue weighted by Gasteiger charge is 2.09. The van der Waals surface area contributed by atoms with Crippen molar-refractivity contribution >= 4 is 17.3 Å². The van der Waals surface area contributed by atoms with Crippen LogP contribution in [-0.2, 0) is 4.79 Å². The van der Waals surface area contributed by atoms with E-state index >= 15 is 0 Å². The number of benzene rings is 1. The van der Waals surface area contributed by atoms with Gasteiger partial charge in [0.05, 0.1) is 13.2 Å². The summed E-state index contributed by atoms with van der Waals surface area (Å²) in [5, 5.41) is 11.7. The van der Waals surface area contributed by atoms with Crippen molar-refractivity contribution in [3.63, 3.8) is 0 Å². The third-order valence-corrected chi connectivity index (χ3v) is 2.77. The molecule has 0 spiro atoms. The Hall–Kier alpha value is -1.59. The number of carbonyl (C=O) groups is 1. The van der Waals surface area contributed by atoms with Gasteiger partial charge in [0.15, 0.2) is 0 Å². The molecule has 1 amide bonds. The van der Waals surface area contributed by atoms with Gasteiger partial charge in [-0.15, -0.1) is 0 Å². The molecule has 0 fully saturated rings. The Kier molecular flexibility index (Phi) is 5.61. The minimum absolute atomic E-state index is 0.0540. The largest absolute Gasteiger partial charge is 0.399 e. The Balaban J connectivity index is 2.61. The van der Waals surface area contributed by atoms with Crippen molar-refractivity contribution in [2.45, 2.75) is 13.8 Å². The first-order valence-corrected chi connectivity index (χ1v) is 6.06. The molecule has 1 aromatic carbocycles. The van der Waals surface area contributed by atoms with Crippen LogP contribution < -0.4 is 11.1 Å². The number of aliphatic hydroxyl groups excluding tert-OH is 1. The summed E-state index contributed by atoms with van der Waals surface area (Å²) in [7, 11) is 0. The molecule has 1 aromatic rings. The molecule has 5 heteroatoms. The second kappa shape index (κ2) is 6.98. The van der Waals surface area contributed by atoms with Gasteiger partial charge in [-0.05, 0) is 31.2 Å². The number of nitrogen functional groups attached to an aromatic ring is 1. The summed E-state index contributed by atoms with van der Waals surface area (Å²) in [6.45, 7) is 5.42. The maximum Gasteiger partial charge on any atom is 0.238 e. The summed E-state index contributed by atoms with van der Waals surface area (Å²) in [5.41, 5.74) is 8.02. The number of nitrogens with two attached hydrogens (primary N) is 1. The van der Waals surface area contributed by atoms with E-state index in [0.717, 1.165) is 17.8 Å². The first kappa shape index (κ1) is 14.5. The number of likely N-dealkylation sites (N-methyl/N-ethyl adjacent to an activating group) is 1. The number of aryl methyl sites for hydroxylation is 1. The van der Waals surface area contributed by atoms with Crippen LogP contribution in [0.15, 0.2) is 18.2 Å². The van der Waals surface area contributed by atoms with Crippen LogP contribution in [0.4, 0.5) is 11.4 Å². The fourth-order valence-electron chi connectivity index (χ4n) is 1.66. The van der Waals surface area contributed by atoms with Crippen molar-refractivity contribution in [2.24, 2.45) is 0 Å². The lowest BCUT2D eigenvalue weighted by atomic mass is 10.2. The van der Waals surface area contributed by atoms with Crippen LogP contribution >= 0.6 is 0 Å². The predicted molar refractivity (Wildman–Crippen MR) is 73.4 cm³/mol. The van der Waals surface area contributed by atoms with Gasteiger partial charge in [-0.2, -0.15) is 0 Å². The van der Waals surface area contributed by atoms with Crippen molar-refractivity contribution < 1.29 is 9.90 Å². The second-order valence-electron chi connectivity index (χ2n) is 4.21. The van der Waals surface area contributed by atoms with E-state index in [4.69, 9.17) is 10.8 Å². The standard InChI is InChI=1S/C13H21N3O2/c1-3-16(6-7-17)9-13(18)15-12-8-11(14)5-4-10(12)2/h4-5,8,17H,3,6-7,9,14H2,1-2H3,(H,15,18). The number of nitrogens with one attached hydrogen (secondary N) is 1. The van der Waals surface area contributed by atoms with Gasteiger partial charge in [0.25, 0.3) is 0 Å². The highest BCUT2D eigenvalue weighted by atomic mass is 16.3. The number of aliphatic hydroxyl groups is 1. The molecule has 0 atom stereocenters. The average molecular weight is 251 g/mol. The van der Waals surface area contributed by atoms with Gasteiger partial charge in [-0.1, -0.05) is 13.0 Å². The first-order chi connectivity index (χ1) is 8.56. The van der Waals surface area contributed by atoms with Gasteiger partial charge in [-0.25, -0.2) is 0 Å². The molecule has 0 aromatic heterocycles. The number of amides is 1. The van der Waals surface area contributed by atoms with Gasteiger partial charge >= 0.3 is 0 Å². The number of rotatable bonds is 6. The SMILES string of the molecule is CCN(CCO)CC(=O)Nc1cc(N)ccc1C. The highest BCUT2D eigenvalue weighted by molar-refractivity contribution is 5.93. The lowest BCUT2D eigenvalue weighted by Crippen LogP contribution is -2.35. The van der Waals surface area contributed by atoms with E-state index in [0.29, 0.717) is 12.2 Å². The molecule has 100 valence electrons. The lowest BCUT2D eigenvalue weighted by molar-refractivity contribution is -0.117. The van der Waals surface area contributed by atoms with Gasteiger partial charge in [0.1, 0.15) is 0 Å². The lowest BCUT2D eigenvalue weighted by Gasteiger charge is -2.18. The zero-order valence-electron chi connectivity index (χ0n) is 10.9. The highest BCUT2D eigenvalue weighted by Crippen LogP contribution is 2.17. The van der Waals surface area contributed by atoms with Crippen molar-refractivity contribution in [2.75, 3.05) is 37.3 Å². The van der Waals surface area contributed by atoms with E-state index in [1.165, 1.54) is 0 Å². The average Bonchev–Trinajstić information content (AvgIpc) is 2.33. The van der Waals surface area contributed by atoms with Crippen molar-refractivity contribution in [3.05, 3.63) is 23.8 Å². The van der Waals surface area contributed by atoms with Crippen LogP contribution in [-0.4, -0.2) is 42.2 Å². The molecule has 5 nitrogen and oxygen atoms in total. The molecule has 0 radical (unpaired) electrons. The fraction of sp³-hybridized carbons (Fsp3) is 0.462. The summed E-state index contributed by atoms with van der Waals surface area (Å²) in [4.78, 5) is 13.7. The quantitative estimate of drug-likeness (QED) is 0.654. The molecule has 0 heterocycles. The van der Waals surface area contributed by atoms with Gasteiger partial charge in [0.2, 0.25) is 5.91 Å². The third-order valence-electron chi connectivity index (χ3n) is 2.77. The predicted octanol–water partition coefficient (Wildman–Crippen LogP) is 0.830. The smallest absolute Gasteiger partial charge is 0.238 e. The molecule has 0 aliphatic heterocycles. The van der Waals surface area contributed by atoms with Crippen molar-refractivity contribution in [1.29, 1.82) is 0 Å². The van der Waals surface area contributed by atoms with E-state index in [1.54, 1.807) is 12.1 Å². The molecule has 1 rings (SSSR count). The molecule has 0 unspecified atom stereocenters. The second-order valence-corrected chi connectivity index (χ2v) is 4.21. The minimum Gasteiger partial charge on any atom is -0.399 e. The van der Waals surface area contributed by atoms with Crippen molar-refractivity contribution in [3.8, 4) is 0 Å². The van der Waals surface area contributed by atoms with Crippen LogP contribution in [0.25, 0.3) is 0 Å². The first-order valence-electron chi connectivity index (χ1n) is 6.06. The number of carbonyl (C=O) groups excluding carboxylic acids is 1. The Morgan fingerprint density at radius 2 is 2.22 bits per heavy atom. The molecular weight excluding hydrogens is 230 g/mol. The molecule has 0 saturated carbocycles. The number of nitrogens with zero attached hydrogens (tertiary/aromatic N) is 1. The summed E-state index contributed by atoms with van der Waals surface area (Å²) < 4.78 is 0. The summed E-state index contributed by atoms with van der Waals surface area (Å²) in [6, 6.07) is 5.42. The van der Waals surface area contributed by atoms with Crippen LogP contribution in [0.2, 0.25) is 0 Å². The van der Waals surface area contributed by atoms with Crippen LogP contribution in [0.5, 0.6) is 0 Å². The van der Waals surface area contributed by atoms with E-state index in [9.17, 15) is 4.79 Å². The Bertz CT molecular complexity index is 407. The Morgan fingerprint density at radius 1 is 1.50 bits per heavy atom. The van der Waals surface area contributed by atoms with Gasteiger partial charge in [0, 0.05) is 17.9 Å². The topological polar surface area (TPSA) is 78.6 Å². The molecular formula is C13H21N3O2. The molecule has 4 N–H and O–H groups in total. The minimum atomic E-state index is -0.0981. The van der Waals surface area contributed by atoms with Gasteiger partial charge in [-0.3, -0.25) is 9.69 Å². The Morgan fingerprint density at radius 3 is 2.83 bits per heavy atom. The fourth-order valence-corrected chi connectivity index (χ4v) is 1.66. The molecule has 18 heavy (non-hydrogen) atoms.